The Morgan fingerprint density at radius 1 is 0.833 bits per heavy atom. The number of benzene rings is 4. The fourth-order valence-electron chi connectivity index (χ4n) is 6.65. The van der Waals surface area contributed by atoms with Gasteiger partial charge in [0.05, 0.1) is 18.6 Å². The van der Waals surface area contributed by atoms with Gasteiger partial charge in [-0.15, -0.1) is 0 Å². The fourth-order valence-corrected chi connectivity index (χ4v) is 6.65. The van der Waals surface area contributed by atoms with Gasteiger partial charge in [-0.1, -0.05) is 66.7 Å². The summed E-state index contributed by atoms with van der Waals surface area (Å²) in [6.07, 6.45) is 1.11. The lowest BCUT2D eigenvalue weighted by atomic mass is 9.67. The number of carbonyl (C=O) groups is 3. The number of hydrogen-bond donors (Lipinski definition) is 1. The van der Waals surface area contributed by atoms with Crippen molar-refractivity contribution in [3.8, 4) is 11.5 Å². The summed E-state index contributed by atoms with van der Waals surface area (Å²) in [5.74, 6) is -2.41. The van der Waals surface area contributed by atoms with E-state index in [0.717, 1.165) is 11.1 Å². The molecule has 1 amide bonds. The molecule has 0 unspecified atom stereocenters. The summed E-state index contributed by atoms with van der Waals surface area (Å²) in [5, 5.41) is 10.7. The maximum absolute atomic E-state index is 13.9. The molecule has 7 heteroatoms. The number of hydrogen-bond acceptors (Lipinski definition) is 5. The maximum atomic E-state index is 13.9. The Balaban J connectivity index is 1.41. The zero-order chi connectivity index (χ0) is 29.2. The van der Waals surface area contributed by atoms with E-state index < -0.39 is 17.9 Å². The van der Waals surface area contributed by atoms with E-state index in [0.29, 0.717) is 41.8 Å². The molecule has 0 saturated carbocycles. The summed E-state index contributed by atoms with van der Waals surface area (Å²) >= 11 is 0. The molecule has 4 aromatic carbocycles. The third-order valence-corrected chi connectivity index (χ3v) is 8.50. The minimum absolute atomic E-state index is 0.0672. The second kappa shape index (κ2) is 11.5. The highest BCUT2D eigenvalue weighted by molar-refractivity contribution is 5.95. The van der Waals surface area contributed by atoms with Crippen LogP contribution in [0.15, 0.2) is 103 Å². The molecule has 1 heterocycles. The fraction of sp³-hybridized carbons (Fsp3) is 0.229. The van der Waals surface area contributed by atoms with Crippen LogP contribution in [0, 0.1) is 11.8 Å². The molecule has 0 radical (unpaired) electrons. The molecule has 212 valence electrons. The van der Waals surface area contributed by atoms with Crippen molar-refractivity contribution in [2.24, 2.45) is 11.8 Å². The van der Waals surface area contributed by atoms with Crippen LogP contribution in [0.5, 0.6) is 11.5 Å². The molecule has 1 saturated heterocycles. The van der Waals surface area contributed by atoms with E-state index in [1.165, 1.54) is 7.11 Å². The molecular weight excluding hydrogens is 530 g/mol. The van der Waals surface area contributed by atoms with Gasteiger partial charge in [-0.05, 0) is 71.8 Å². The van der Waals surface area contributed by atoms with Crippen molar-refractivity contribution >= 4 is 17.8 Å². The summed E-state index contributed by atoms with van der Waals surface area (Å²) in [6, 6.07) is 30.7. The minimum Gasteiger partial charge on any atom is -0.493 e. The molecule has 1 aliphatic heterocycles. The van der Waals surface area contributed by atoms with E-state index in [2.05, 4.69) is 0 Å². The largest absolute Gasteiger partial charge is 0.493 e. The van der Waals surface area contributed by atoms with Crippen molar-refractivity contribution < 1.29 is 29.0 Å². The topological polar surface area (TPSA) is 93.1 Å². The number of rotatable bonds is 7. The monoisotopic (exact) mass is 561 g/mol. The van der Waals surface area contributed by atoms with Crippen molar-refractivity contribution in [3.63, 3.8) is 0 Å². The molecule has 7 nitrogen and oxygen atoms in total. The smallest absolute Gasteiger partial charge is 0.343 e. The van der Waals surface area contributed by atoms with Gasteiger partial charge in [0.25, 0.3) is 5.91 Å². The molecule has 6 rings (SSSR count). The quantitative estimate of drug-likeness (QED) is 0.232. The summed E-state index contributed by atoms with van der Waals surface area (Å²) in [7, 11) is 1.49. The number of likely N-dealkylation sites (tertiary alicyclic amines) is 1. The Labute approximate surface area is 244 Å². The van der Waals surface area contributed by atoms with Gasteiger partial charge in [0.2, 0.25) is 0 Å². The van der Waals surface area contributed by atoms with Crippen LogP contribution in [0.4, 0.5) is 0 Å². The second-order valence-corrected chi connectivity index (χ2v) is 10.9. The van der Waals surface area contributed by atoms with Crippen molar-refractivity contribution in [2.45, 2.75) is 24.8 Å². The van der Waals surface area contributed by atoms with Crippen LogP contribution >= 0.6 is 0 Å². The molecule has 1 fully saturated rings. The van der Waals surface area contributed by atoms with Gasteiger partial charge in [0.1, 0.15) is 0 Å². The Morgan fingerprint density at radius 2 is 1.45 bits per heavy atom. The number of methoxy groups -OCH3 is 1. The van der Waals surface area contributed by atoms with Crippen LogP contribution in [-0.4, -0.2) is 47.5 Å². The van der Waals surface area contributed by atoms with Crippen molar-refractivity contribution in [3.05, 3.63) is 131 Å². The van der Waals surface area contributed by atoms with Crippen LogP contribution in [0.3, 0.4) is 0 Å². The first-order valence-electron chi connectivity index (χ1n) is 14.1. The van der Waals surface area contributed by atoms with E-state index >= 15 is 0 Å². The number of carboxylic acids is 1. The van der Waals surface area contributed by atoms with E-state index in [1.807, 2.05) is 59.5 Å². The third kappa shape index (κ3) is 5.14. The second-order valence-electron chi connectivity index (χ2n) is 10.9. The zero-order valence-corrected chi connectivity index (χ0v) is 23.2. The van der Waals surface area contributed by atoms with Gasteiger partial charge in [-0.25, -0.2) is 4.79 Å². The highest BCUT2D eigenvalue weighted by atomic mass is 16.6. The van der Waals surface area contributed by atoms with Crippen LogP contribution in [-0.2, 0) is 17.6 Å². The molecule has 0 spiro atoms. The number of esters is 1. The lowest BCUT2D eigenvalue weighted by Gasteiger charge is -2.37. The van der Waals surface area contributed by atoms with Crippen LogP contribution < -0.4 is 9.47 Å². The van der Waals surface area contributed by atoms with E-state index in [4.69, 9.17) is 9.47 Å². The van der Waals surface area contributed by atoms with Crippen molar-refractivity contribution in [1.29, 1.82) is 0 Å². The third-order valence-electron chi connectivity index (χ3n) is 8.50. The number of nitrogens with zero attached hydrogens (tertiary/aromatic N) is 1. The maximum Gasteiger partial charge on any atom is 0.343 e. The Bertz CT molecular complexity index is 1610. The summed E-state index contributed by atoms with van der Waals surface area (Å²) in [5.41, 5.74) is 3.41. The minimum atomic E-state index is -0.969. The molecule has 0 bridgehead atoms. The first kappa shape index (κ1) is 27.3. The average Bonchev–Trinajstić information content (AvgIpc) is 3.37. The average molecular weight is 562 g/mol. The Hall–Kier alpha value is -4.91. The molecule has 42 heavy (non-hydrogen) atoms. The number of aliphatic carboxylic acids is 1. The first-order valence-corrected chi connectivity index (χ1v) is 14.1. The number of carbonyl (C=O) groups excluding carboxylic acids is 2. The molecule has 4 atom stereocenters. The Kier molecular flexibility index (Phi) is 7.48. The lowest BCUT2D eigenvalue weighted by molar-refractivity contribution is -0.141. The molecule has 1 aliphatic carbocycles. The van der Waals surface area contributed by atoms with Crippen LogP contribution in [0.1, 0.15) is 43.3 Å². The number of fused-ring (bicyclic) bond motifs is 2. The zero-order valence-electron chi connectivity index (χ0n) is 23.2. The summed E-state index contributed by atoms with van der Waals surface area (Å²) in [4.78, 5) is 41.7. The van der Waals surface area contributed by atoms with Gasteiger partial charge in [-0.2, -0.15) is 0 Å². The molecule has 0 aromatic heterocycles. The number of ether oxygens (including phenoxy) is 2. The normalized spacial score (nSPS) is 20.7. The van der Waals surface area contributed by atoms with Gasteiger partial charge in [0, 0.05) is 24.1 Å². The van der Waals surface area contributed by atoms with E-state index in [-0.39, 0.29) is 29.5 Å². The van der Waals surface area contributed by atoms with Gasteiger partial charge < -0.3 is 19.5 Å². The molecule has 2 aliphatic rings. The van der Waals surface area contributed by atoms with E-state index in [1.54, 1.807) is 48.5 Å². The lowest BCUT2D eigenvalue weighted by Crippen LogP contribution is -2.43. The van der Waals surface area contributed by atoms with Crippen molar-refractivity contribution in [2.75, 3.05) is 13.7 Å². The van der Waals surface area contributed by atoms with Crippen LogP contribution in [0.25, 0.3) is 0 Å². The number of carboxylic acid groups (broad SMARTS) is 1. The standard InChI is InChI=1S/C35H31NO6/c1-41-29-19-25-18-26-21-36(33(37)23-13-7-3-8-14-23)28(17-22-11-5-2-6-12-22)31(26)32(34(38)39)27(25)20-30(29)42-35(40)24-15-9-4-10-16-24/h2-16,19-20,26,28,31-32H,17-18,21H2,1H3,(H,38,39)/t26-,28+,31-,32+/m1/s1. The van der Waals surface area contributed by atoms with Crippen molar-refractivity contribution in [1.82, 2.24) is 4.90 Å². The van der Waals surface area contributed by atoms with Crippen LogP contribution in [0.2, 0.25) is 0 Å². The molecule has 4 aromatic rings. The predicted octanol–water partition coefficient (Wildman–Crippen LogP) is 5.64. The highest BCUT2D eigenvalue weighted by Gasteiger charge is 2.53. The molecular formula is C35H31NO6. The highest BCUT2D eigenvalue weighted by Crippen LogP contribution is 2.50. The Morgan fingerprint density at radius 3 is 2.07 bits per heavy atom. The van der Waals surface area contributed by atoms with Gasteiger partial charge in [-0.3, -0.25) is 9.59 Å². The summed E-state index contributed by atoms with van der Waals surface area (Å²) < 4.78 is 11.3. The first-order chi connectivity index (χ1) is 20.4. The van der Waals surface area contributed by atoms with Gasteiger partial charge >= 0.3 is 11.9 Å². The predicted molar refractivity (Wildman–Crippen MR) is 157 cm³/mol. The summed E-state index contributed by atoms with van der Waals surface area (Å²) in [6.45, 7) is 0.451. The SMILES string of the molecule is COc1cc2c(cc1OC(=O)c1ccccc1)[C@H](C(=O)O)[C@@H]1[C@H](C2)CN(C(=O)c2ccccc2)[C@H]1Cc1ccccc1. The number of amides is 1. The van der Waals surface area contributed by atoms with E-state index in [9.17, 15) is 19.5 Å². The van der Waals surface area contributed by atoms with Gasteiger partial charge in [0.15, 0.2) is 11.5 Å². The molecule has 1 N–H and O–H groups in total.